The topological polar surface area (TPSA) is 100 Å². The second-order valence-corrected chi connectivity index (χ2v) is 7.46. The van der Waals surface area contributed by atoms with E-state index < -0.39 is 0 Å². The number of rotatable bonds is 5. The molecule has 1 saturated heterocycles. The van der Waals surface area contributed by atoms with Crippen LogP contribution in [0, 0.1) is 5.92 Å². The molecule has 3 N–H and O–H groups in total. The zero-order valence-corrected chi connectivity index (χ0v) is 16.1. The van der Waals surface area contributed by atoms with Gasteiger partial charge >= 0.3 is 0 Å². The summed E-state index contributed by atoms with van der Waals surface area (Å²) in [6.07, 6.45) is 8.12. The van der Waals surface area contributed by atoms with Gasteiger partial charge in [-0.25, -0.2) is 4.98 Å². The Morgan fingerprint density at radius 3 is 3.10 bits per heavy atom. The minimum absolute atomic E-state index is 0.0870. The Morgan fingerprint density at radius 2 is 2.21 bits per heavy atom. The number of nitrogens with zero attached hydrogens (tertiary/aromatic N) is 4. The average molecular weight is 389 g/mol. The first-order chi connectivity index (χ1) is 14.3. The van der Waals surface area contributed by atoms with Crippen molar-refractivity contribution < 1.29 is 4.79 Å². The van der Waals surface area contributed by atoms with E-state index in [4.69, 9.17) is 0 Å². The van der Waals surface area contributed by atoms with Crippen LogP contribution in [0.1, 0.15) is 18.5 Å². The number of amides is 1. The molecule has 0 aromatic carbocycles. The maximum absolute atomic E-state index is 12.3. The largest absolute Gasteiger partial charge is 0.355 e. The minimum Gasteiger partial charge on any atom is -0.355 e. The molecule has 1 aliphatic heterocycles. The zero-order valence-electron chi connectivity index (χ0n) is 16.1. The summed E-state index contributed by atoms with van der Waals surface area (Å²) in [6, 6.07) is 8.03. The lowest BCUT2D eigenvalue weighted by atomic mass is 9.99. The third-order valence-corrected chi connectivity index (χ3v) is 5.54. The van der Waals surface area contributed by atoms with Crippen LogP contribution in [0.4, 0.5) is 0 Å². The quantitative estimate of drug-likeness (QED) is 0.484. The van der Waals surface area contributed by atoms with Crippen LogP contribution >= 0.6 is 0 Å². The number of H-pyrrole nitrogens is 1. The van der Waals surface area contributed by atoms with Crippen molar-refractivity contribution >= 4 is 22.5 Å². The van der Waals surface area contributed by atoms with Crippen LogP contribution in [0.5, 0.6) is 0 Å². The molecule has 0 spiro atoms. The van der Waals surface area contributed by atoms with Crippen molar-refractivity contribution in [1.29, 1.82) is 0 Å². The van der Waals surface area contributed by atoms with Crippen molar-refractivity contribution in [3.8, 4) is 11.1 Å². The van der Waals surface area contributed by atoms with E-state index in [1.807, 2.05) is 24.4 Å². The number of pyridine rings is 1. The predicted octanol–water partition coefficient (Wildman–Crippen LogP) is 1.93. The molecule has 8 heteroatoms. The fourth-order valence-electron chi connectivity index (χ4n) is 4.03. The number of carbonyl (C=O) groups is 1. The standard InChI is InChI=1S/C21H23N7O/c29-21(14-3-1-7-22-12-14)24-9-5-15-11-17-16(6-10-23-20(17)27-15)18-13-26-28-19(18)4-2-8-25-28/h2,4,6,8,10-11,13-14,22H,1,3,5,7,9,12H2,(H,23,27)(H,24,29)/t14-/m0/s1. The molecule has 5 rings (SSSR count). The molecule has 4 aromatic rings. The van der Waals surface area contributed by atoms with Gasteiger partial charge < -0.3 is 15.6 Å². The van der Waals surface area contributed by atoms with Gasteiger partial charge in [-0.15, -0.1) is 0 Å². The molecule has 1 atom stereocenters. The van der Waals surface area contributed by atoms with Crippen molar-refractivity contribution in [2.45, 2.75) is 19.3 Å². The maximum atomic E-state index is 12.3. The lowest BCUT2D eigenvalue weighted by molar-refractivity contribution is -0.125. The summed E-state index contributed by atoms with van der Waals surface area (Å²) in [5.74, 6) is 0.231. The Hall–Kier alpha value is -3.26. The molecule has 148 valence electrons. The van der Waals surface area contributed by atoms with Crippen LogP contribution in [0.15, 0.2) is 42.9 Å². The van der Waals surface area contributed by atoms with E-state index in [1.54, 1.807) is 17.0 Å². The number of aromatic amines is 1. The van der Waals surface area contributed by atoms with E-state index in [0.717, 1.165) is 65.7 Å². The zero-order chi connectivity index (χ0) is 19.6. The van der Waals surface area contributed by atoms with Gasteiger partial charge in [0.05, 0.1) is 17.6 Å². The van der Waals surface area contributed by atoms with Gasteiger partial charge in [-0.1, -0.05) is 0 Å². The van der Waals surface area contributed by atoms with Crippen LogP contribution in [0.3, 0.4) is 0 Å². The molecular formula is C21H23N7O. The van der Waals surface area contributed by atoms with E-state index in [9.17, 15) is 4.79 Å². The van der Waals surface area contributed by atoms with Gasteiger partial charge in [0.25, 0.3) is 0 Å². The molecule has 29 heavy (non-hydrogen) atoms. The molecule has 5 heterocycles. The monoisotopic (exact) mass is 389 g/mol. The molecule has 0 unspecified atom stereocenters. The van der Waals surface area contributed by atoms with Crippen molar-refractivity contribution in [3.05, 3.63) is 48.5 Å². The smallest absolute Gasteiger partial charge is 0.224 e. The van der Waals surface area contributed by atoms with Crippen molar-refractivity contribution in [3.63, 3.8) is 0 Å². The summed E-state index contributed by atoms with van der Waals surface area (Å²) in [5.41, 5.74) is 4.93. The van der Waals surface area contributed by atoms with Crippen LogP contribution in [-0.2, 0) is 11.2 Å². The summed E-state index contributed by atoms with van der Waals surface area (Å²) >= 11 is 0. The van der Waals surface area contributed by atoms with Crippen LogP contribution in [0.25, 0.3) is 27.7 Å². The minimum atomic E-state index is 0.0870. The number of nitrogens with one attached hydrogen (secondary N) is 3. The predicted molar refractivity (Wildman–Crippen MR) is 110 cm³/mol. The number of aromatic nitrogens is 5. The van der Waals surface area contributed by atoms with Gasteiger partial charge in [0, 0.05) is 48.5 Å². The Bertz CT molecular complexity index is 1160. The first-order valence-electron chi connectivity index (χ1n) is 10.0. The maximum Gasteiger partial charge on any atom is 0.224 e. The summed E-state index contributed by atoms with van der Waals surface area (Å²) in [6.45, 7) is 2.40. The highest BCUT2D eigenvalue weighted by atomic mass is 16.1. The molecule has 0 radical (unpaired) electrons. The summed E-state index contributed by atoms with van der Waals surface area (Å²) < 4.78 is 1.63. The van der Waals surface area contributed by atoms with E-state index in [-0.39, 0.29) is 11.8 Å². The van der Waals surface area contributed by atoms with E-state index in [1.165, 1.54) is 0 Å². The van der Waals surface area contributed by atoms with Crippen molar-refractivity contribution in [2.24, 2.45) is 5.92 Å². The Kier molecular flexibility index (Phi) is 4.69. The van der Waals surface area contributed by atoms with Gasteiger partial charge in [-0.05, 0) is 49.2 Å². The highest BCUT2D eigenvalue weighted by molar-refractivity contribution is 5.97. The molecule has 0 saturated carbocycles. The first-order valence-corrected chi connectivity index (χ1v) is 10.0. The normalized spacial score (nSPS) is 17.0. The second-order valence-electron chi connectivity index (χ2n) is 7.46. The summed E-state index contributed by atoms with van der Waals surface area (Å²) in [5, 5.41) is 16.0. The molecule has 4 aromatic heterocycles. The number of piperidine rings is 1. The van der Waals surface area contributed by atoms with Crippen molar-refractivity contribution in [2.75, 3.05) is 19.6 Å². The average Bonchev–Trinajstić information content (AvgIpc) is 3.38. The van der Waals surface area contributed by atoms with Gasteiger partial charge in [0.15, 0.2) is 0 Å². The molecular weight excluding hydrogens is 366 g/mol. The number of hydrogen-bond acceptors (Lipinski definition) is 5. The molecule has 0 bridgehead atoms. The van der Waals surface area contributed by atoms with E-state index in [2.05, 4.69) is 36.9 Å². The number of hydrogen-bond donors (Lipinski definition) is 3. The summed E-state index contributed by atoms with van der Waals surface area (Å²) in [4.78, 5) is 20.2. The highest BCUT2D eigenvalue weighted by Gasteiger charge is 2.20. The SMILES string of the molecule is O=C(NCCc1cc2c(-c3cnn4ncccc34)ccnc2[nH]1)[C@H]1CCCNC1. The third kappa shape index (κ3) is 3.47. The lowest BCUT2D eigenvalue weighted by Gasteiger charge is -2.21. The third-order valence-electron chi connectivity index (χ3n) is 5.54. The van der Waals surface area contributed by atoms with Gasteiger partial charge in [-0.3, -0.25) is 4.79 Å². The van der Waals surface area contributed by atoms with Gasteiger partial charge in [0.1, 0.15) is 5.65 Å². The Morgan fingerprint density at radius 1 is 1.24 bits per heavy atom. The van der Waals surface area contributed by atoms with E-state index in [0.29, 0.717) is 6.54 Å². The second kappa shape index (κ2) is 7.63. The fraction of sp³-hybridized carbons (Fsp3) is 0.333. The Balaban J connectivity index is 1.34. The van der Waals surface area contributed by atoms with Crippen LogP contribution < -0.4 is 10.6 Å². The molecule has 1 fully saturated rings. The summed E-state index contributed by atoms with van der Waals surface area (Å²) in [7, 11) is 0. The van der Waals surface area contributed by atoms with Gasteiger partial charge in [0.2, 0.25) is 5.91 Å². The lowest BCUT2D eigenvalue weighted by Crippen LogP contribution is -2.41. The van der Waals surface area contributed by atoms with Gasteiger partial charge in [-0.2, -0.15) is 14.8 Å². The number of carbonyl (C=O) groups excluding carboxylic acids is 1. The van der Waals surface area contributed by atoms with Crippen molar-refractivity contribution in [1.82, 2.24) is 35.4 Å². The van der Waals surface area contributed by atoms with Crippen LogP contribution in [-0.4, -0.2) is 50.3 Å². The number of fused-ring (bicyclic) bond motifs is 2. The first kappa shape index (κ1) is 17.8. The molecule has 8 nitrogen and oxygen atoms in total. The van der Waals surface area contributed by atoms with Crippen LogP contribution in [0.2, 0.25) is 0 Å². The highest BCUT2D eigenvalue weighted by Crippen LogP contribution is 2.30. The Labute approximate surface area is 167 Å². The fourth-order valence-corrected chi connectivity index (χ4v) is 4.03. The molecule has 0 aliphatic carbocycles. The molecule has 1 amide bonds. The van der Waals surface area contributed by atoms with E-state index >= 15 is 0 Å². The molecule has 1 aliphatic rings.